The van der Waals surface area contributed by atoms with Crippen LogP contribution < -0.4 is 10.0 Å². The Hall–Kier alpha value is -3.82. The van der Waals surface area contributed by atoms with Crippen LogP contribution in [0.3, 0.4) is 0 Å². The molecule has 0 fully saturated rings. The van der Waals surface area contributed by atoms with Crippen molar-refractivity contribution in [1.29, 1.82) is 10.0 Å². The van der Waals surface area contributed by atoms with Crippen LogP contribution in [0.2, 0.25) is 0 Å². The zero-order valence-electron chi connectivity index (χ0n) is 18.7. The van der Waals surface area contributed by atoms with Gasteiger partial charge in [0.2, 0.25) is 0 Å². The molecule has 2 amide bonds. The van der Waals surface area contributed by atoms with Gasteiger partial charge >= 0.3 is 6.03 Å². The molecular weight excluding hydrogens is 461 g/mol. The summed E-state index contributed by atoms with van der Waals surface area (Å²) in [6.45, 7) is 5.32. The van der Waals surface area contributed by atoms with Crippen LogP contribution in [0.1, 0.15) is 37.9 Å². The lowest BCUT2D eigenvalue weighted by Gasteiger charge is -2.19. The minimum absolute atomic E-state index is 0.116. The first-order chi connectivity index (χ1) is 16.0. The normalized spacial score (nSPS) is 13.7. The second kappa shape index (κ2) is 9.98. The van der Waals surface area contributed by atoms with Gasteiger partial charge in [0.25, 0.3) is 0 Å². The molecule has 2 atom stereocenters. The van der Waals surface area contributed by atoms with Crippen molar-refractivity contribution in [2.45, 2.75) is 44.4 Å². The van der Waals surface area contributed by atoms with Crippen molar-refractivity contribution in [3.63, 3.8) is 0 Å². The van der Waals surface area contributed by atoms with Crippen LogP contribution in [0, 0.1) is 21.9 Å². The van der Waals surface area contributed by atoms with Crippen LogP contribution >= 0.6 is 0 Å². The number of aliphatic hydroxyl groups is 1. The number of hydrogen-bond donors (Lipinski definition) is 4. The van der Waals surface area contributed by atoms with E-state index < -0.39 is 27.9 Å². The number of nitrogens with one attached hydrogen (secondary N) is 3. The van der Waals surface area contributed by atoms with Gasteiger partial charge < -0.3 is 10.4 Å². The smallest absolute Gasteiger partial charge is 0.332 e. The number of aromatic nitrogens is 3. The van der Waals surface area contributed by atoms with Crippen molar-refractivity contribution in [2.24, 2.45) is 0 Å². The zero-order chi connectivity index (χ0) is 25.0. The van der Waals surface area contributed by atoms with Gasteiger partial charge in [-0.1, -0.05) is 13.8 Å². The number of pyridine rings is 1. The summed E-state index contributed by atoms with van der Waals surface area (Å²) in [7, 11) is -3.83. The molecule has 2 aromatic heterocycles. The van der Waals surface area contributed by atoms with E-state index >= 15 is 0 Å². The SMILES string of the molecule is CC(O)Cn1ccc(S(=N)(=O)NC(=O)Nc2c(-c3ccnc(C#N)c3)cc(F)cc2C(C)C)n1. The molecule has 0 saturated carbocycles. The number of halogens is 1. The number of carbonyl (C=O) groups excluding carboxylic acids is 1. The molecule has 12 heteroatoms. The average Bonchev–Trinajstić information content (AvgIpc) is 3.23. The van der Waals surface area contributed by atoms with Crippen molar-refractivity contribution in [2.75, 3.05) is 5.32 Å². The molecule has 0 aliphatic heterocycles. The minimum atomic E-state index is -3.83. The largest absolute Gasteiger partial charge is 0.391 e. The third-order valence-corrected chi connectivity index (χ3v) is 6.06. The van der Waals surface area contributed by atoms with E-state index in [4.69, 9.17) is 10.0 Å². The maximum atomic E-state index is 14.4. The molecule has 0 radical (unpaired) electrons. The first kappa shape index (κ1) is 24.8. The van der Waals surface area contributed by atoms with E-state index in [-0.39, 0.29) is 28.9 Å². The molecule has 4 N–H and O–H groups in total. The standard InChI is InChI=1S/C22H24FN7O3S/c1-13(2)18-9-16(23)10-19(15-4-6-26-17(8-15)11-24)21(18)27-22(32)29-34(25,33)20-5-7-30(28-20)12-14(3)31/h4-10,13-14,31H,12H2,1-3H3,(H3,25,27,29,32,33). The molecule has 34 heavy (non-hydrogen) atoms. The Labute approximate surface area is 196 Å². The fourth-order valence-electron chi connectivity index (χ4n) is 3.30. The molecule has 0 spiro atoms. The van der Waals surface area contributed by atoms with Crippen molar-refractivity contribution in [3.05, 3.63) is 59.8 Å². The minimum Gasteiger partial charge on any atom is -0.391 e. The molecule has 178 valence electrons. The number of amides is 2. The highest BCUT2D eigenvalue weighted by Crippen LogP contribution is 2.36. The molecule has 1 aromatic carbocycles. The molecule has 0 aliphatic rings. The predicted octanol–water partition coefficient (Wildman–Crippen LogP) is 3.60. The Kier molecular flexibility index (Phi) is 7.29. The summed E-state index contributed by atoms with van der Waals surface area (Å²) in [5.74, 6) is -0.730. The van der Waals surface area contributed by atoms with Crippen LogP contribution in [0.5, 0.6) is 0 Å². The van der Waals surface area contributed by atoms with Crippen LogP contribution in [0.4, 0.5) is 14.9 Å². The van der Waals surface area contributed by atoms with Gasteiger partial charge in [0, 0.05) is 18.0 Å². The number of rotatable bonds is 7. The molecule has 0 bridgehead atoms. The highest BCUT2D eigenvalue weighted by atomic mass is 32.2. The highest BCUT2D eigenvalue weighted by molar-refractivity contribution is 7.91. The number of carbonyl (C=O) groups is 1. The third kappa shape index (κ3) is 5.75. The summed E-state index contributed by atoms with van der Waals surface area (Å²) >= 11 is 0. The first-order valence-electron chi connectivity index (χ1n) is 10.3. The van der Waals surface area contributed by atoms with E-state index in [9.17, 15) is 18.5 Å². The Morgan fingerprint density at radius 1 is 1.32 bits per heavy atom. The summed E-state index contributed by atoms with van der Waals surface area (Å²) < 4.78 is 38.8. The number of anilines is 1. The first-order valence-corrected chi connectivity index (χ1v) is 11.8. The lowest BCUT2D eigenvalue weighted by molar-refractivity contribution is 0.168. The number of nitriles is 1. The summed E-state index contributed by atoms with van der Waals surface area (Å²) in [5.41, 5.74) is 1.59. The topological polar surface area (TPSA) is 157 Å². The predicted molar refractivity (Wildman–Crippen MR) is 124 cm³/mol. The number of nitrogens with zero attached hydrogens (tertiary/aromatic N) is 4. The van der Waals surface area contributed by atoms with Crippen LogP contribution in [0.15, 0.2) is 47.8 Å². The number of hydrogen-bond acceptors (Lipinski definition) is 7. The Balaban J connectivity index is 1.95. The van der Waals surface area contributed by atoms with Gasteiger partial charge in [-0.15, -0.1) is 0 Å². The highest BCUT2D eigenvalue weighted by Gasteiger charge is 2.21. The van der Waals surface area contributed by atoms with E-state index in [1.165, 1.54) is 41.3 Å². The van der Waals surface area contributed by atoms with E-state index in [1.54, 1.807) is 13.0 Å². The quantitative estimate of drug-likeness (QED) is 0.400. The maximum Gasteiger partial charge on any atom is 0.332 e. The fraction of sp³-hybridized carbons (Fsp3) is 0.273. The van der Waals surface area contributed by atoms with Gasteiger partial charge in [-0.25, -0.2) is 27.9 Å². The molecule has 10 nitrogen and oxygen atoms in total. The summed E-state index contributed by atoms with van der Waals surface area (Å²) in [6, 6.07) is 7.83. The molecule has 3 aromatic rings. The molecular formula is C22H24FN7O3S. The Morgan fingerprint density at radius 2 is 2.06 bits per heavy atom. The molecule has 0 aliphatic carbocycles. The summed E-state index contributed by atoms with van der Waals surface area (Å²) in [5, 5.41) is 25.0. The van der Waals surface area contributed by atoms with Crippen molar-refractivity contribution in [3.8, 4) is 17.2 Å². The molecule has 3 rings (SSSR count). The lowest BCUT2D eigenvalue weighted by Crippen LogP contribution is -2.34. The van der Waals surface area contributed by atoms with Gasteiger partial charge in [0.1, 0.15) is 17.6 Å². The summed E-state index contributed by atoms with van der Waals surface area (Å²) in [4.78, 5) is 16.7. The monoisotopic (exact) mass is 485 g/mol. The third-order valence-electron chi connectivity index (χ3n) is 4.78. The number of urea groups is 1. The van der Waals surface area contributed by atoms with Gasteiger partial charge in [0.05, 0.1) is 18.3 Å². The average molecular weight is 486 g/mol. The second-order valence-electron chi connectivity index (χ2n) is 7.95. The van der Waals surface area contributed by atoms with Crippen molar-refractivity contribution >= 4 is 21.6 Å². The molecule has 0 saturated heterocycles. The van der Waals surface area contributed by atoms with Gasteiger partial charge in [-0.05, 0) is 54.3 Å². The lowest BCUT2D eigenvalue weighted by atomic mass is 9.94. The van der Waals surface area contributed by atoms with E-state index in [0.29, 0.717) is 16.7 Å². The van der Waals surface area contributed by atoms with E-state index in [0.717, 1.165) is 0 Å². The van der Waals surface area contributed by atoms with Crippen LogP contribution in [0.25, 0.3) is 11.1 Å². The van der Waals surface area contributed by atoms with Crippen molar-refractivity contribution < 1.29 is 18.5 Å². The zero-order valence-corrected chi connectivity index (χ0v) is 19.6. The molecule has 2 unspecified atom stereocenters. The van der Waals surface area contributed by atoms with Crippen LogP contribution in [-0.4, -0.2) is 36.2 Å². The summed E-state index contributed by atoms with van der Waals surface area (Å²) in [6.07, 6.45) is 2.14. The number of benzene rings is 1. The van der Waals surface area contributed by atoms with Crippen LogP contribution in [-0.2, 0) is 16.5 Å². The fourth-order valence-corrected chi connectivity index (χ4v) is 4.19. The number of aliphatic hydroxyl groups excluding tert-OH is 1. The van der Waals surface area contributed by atoms with Gasteiger partial charge in [-0.3, -0.25) is 4.68 Å². The van der Waals surface area contributed by atoms with E-state index in [2.05, 4.69) is 20.1 Å². The van der Waals surface area contributed by atoms with Gasteiger partial charge in [-0.2, -0.15) is 10.4 Å². The van der Waals surface area contributed by atoms with E-state index in [1.807, 2.05) is 19.9 Å². The maximum absolute atomic E-state index is 14.4. The second-order valence-corrected chi connectivity index (χ2v) is 9.69. The molecule has 2 heterocycles. The Morgan fingerprint density at radius 3 is 2.71 bits per heavy atom. The van der Waals surface area contributed by atoms with Crippen molar-refractivity contribution in [1.82, 2.24) is 19.5 Å². The van der Waals surface area contributed by atoms with Gasteiger partial charge in [0.15, 0.2) is 14.9 Å². The Bertz CT molecular complexity index is 1360.